The number of aromatic nitrogens is 2. The molecular weight excluding hydrogens is 166 g/mol. The van der Waals surface area contributed by atoms with Crippen LogP contribution in [0, 0.1) is 0 Å². The number of furan rings is 1. The first-order valence-electron chi connectivity index (χ1n) is 4.17. The van der Waals surface area contributed by atoms with Crippen LogP contribution in [0.4, 0.5) is 0 Å². The zero-order valence-corrected chi connectivity index (χ0v) is 7.18. The molecule has 0 unspecified atom stereocenters. The van der Waals surface area contributed by atoms with Gasteiger partial charge in [-0.3, -0.25) is 4.68 Å². The molecule has 4 heteroatoms. The molecule has 2 aromatic rings. The summed E-state index contributed by atoms with van der Waals surface area (Å²) in [5, 5.41) is 4.29. The van der Waals surface area contributed by atoms with Crippen molar-refractivity contribution in [2.45, 2.75) is 6.54 Å². The van der Waals surface area contributed by atoms with E-state index in [0.29, 0.717) is 6.54 Å². The van der Waals surface area contributed by atoms with Crippen LogP contribution in [0.15, 0.2) is 35.1 Å². The van der Waals surface area contributed by atoms with Crippen LogP contribution < -0.4 is 5.73 Å². The summed E-state index contributed by atoms with van der Waals surface area (Å²) in [5.74, 6) is 0.788. The third kappa shape index (κ3) is 1.62. The average molecular weight is 177 g/mol. The maximum absolute atomic E-state index is 5.40. The van der Waals surface area contributed by atoms with Gasteiger partial charge >= 0.3 is 0 Å². The minimum atomic E-state index is 0.597. The van der Waals surface area contributed by atoms with Gasteiger partial charge in [0.25, 0.3) is 0 Å². The third-order valence-electron chi connectivity index (χ3n) is 1.77. The molecule has 0 bridgehead atoms. The van der Waals surface area contributed by atoms with Crippen molar-refractivity contribution in [1.29, 1.82) is 0 Å². The fraction of sp³-hybridized carbons (Fsp3) is 0.222. The van der Waals surface area contributed by atoms with E-state index < -0.39 is 0 Å². The maximum Gasteiger partial charge on any atom is 0.154 e. The van der Waals surface area contributed by atoms with Gasteiger partial charge in [-0.15, -0.1) is 0 Å². The average Bonchev–Trinajstić information content (AvgIpc) is 2.70. The molecule has 2 rings (SSSR count). The molecule has 68 valence electrons. The van der Waals surface area contributed by atoms with Crippen LogP contribution >= 0.6 is 0 Å². The Hall–Kier alpha value is -1.55. The second kappa shape index (κ2) is 3.45. The van der Waals surface area contributed by atoms with Crippen molar-refractivity contribution in [2.24, 2.45) is 5.73 Å². The Labute approximate surface area is 76.0 Å². The minimum absolute atomic E-state index is 0.597. The first kappa shape index (κ1) is 8.07. The van der Waals surface area contributed by atoms with E-state index in [1.807, 2.05) is 24.4 Å². The van der Waals surface area contributed by atoms with E-state index in [1.165, 1.54) is 0 Å². The zero-order valence-electron chi connectivity index (χ0n) is 7.18. The van der Waals surface area contributed by atoms with E-state index in [9.17, 15) is 0 Å². The lowest BCUT2D eigenvalue weighted by Crippen LogP contribution is -2.09. The topological polar surface area (TPSA) is 57.0 Å². The maximum atomic E-state index is 5.40. The zero-order chi connectivity index (χ0) is 9.10. The number of nitrogens with two attached hydrogens (primary N) is 1. The van der Waals surface area contributed by atoms with Crippen LogP contribution in [-0.4, -0.2) is 16.3 Å². The van der Waals surface area contributed by atoms with Gasteiger partial charge in [0.15, 0.2) is 5.76 Å². The van der Waals surface area contributed by atoms with E-state index in [2.05, 4.69) is 5.10 Å². The summed E-state index contributed by atoms with van der Waals surface area (Å²) in [5.41, 5.74) is 6.25. The minimum Gasteiger partial charge on any atom is -0.463 e. The van der Waals surface area contributed by atoms with Crippen LogP contribution in [0.1, 0.15) is 0 Å². The van der Waals surface area contributed by atoms with E-state index in [0.717, 1.165) is 18.0 Å². The Morgan fingerprint density at radius 2 is 2.38 bits per heavy atom. The summed E-state index contributed by atoms with van der Waals surface area (Å²) in [4.78, 5) is 0. The molecule has 0 atom stereocenters. The van der Waals surface area contributed by atoms with Crippen LogP contribution in [0.25, 0.3) is 11.5 Å². The van der Waals surface area contributed by atoms with Gasteiger partial charge in [-0.05, 0) is 18.2 Å². The molecule has 0 aliphatic rings. The molecule has 0 radical (unpaired) electrons. The lowest BCUT2D eigenvalue weighted by atomic mass is 10.3. The van der Waals surface area contributed by atoms with Gasteiger partial charge in [0.2, 0.25) is 0 Å². The quantitative estimate of drug-likeness (QED) is 0.763. The van der Waals surface area contributed by atoms with Crippen molar-refractivity contribution in [3.05, 3.63) is 30.7 Å². The highest BCUT2D eigenvalue weighted by Crippen LogP contribution is 2.16. The summed E-state index contributed by atoms with van der Waals surface area (Å²) in [7, 11) is 0. The molecule has 0 saturated heterocycles. The fourth-order valence-corrected chi connectivity index (χ4v) is 1.17. The van der Waals surface area contributed by atoms with Gasteiger partial charge < -0.3 is 10.2 Å². The largest absolute Gasteiger partial charge is 0.463 e. The summed E-state index contributed by atoms with van der Waals surface area (Å²) in [6.07, 6.45) is 3.53. The van der Waals surface area contributed by atoms with Crippen molar-refractivity contribution in [1.82, 2.24) is 9.78 Å². The highest BCUT2D eigenvalue weighted by atomic mass is 16.3. The monoisotopic (exact) mass is 177 g/mol. The third-order valence-corrected chi connectivity index (χ3v) is 1.77. The Balaban J connectivity index is 2.23. The lowest BCUT2D eigenvalue weighted by molar-refractivity contribution is 0.573. The summed E-state index contributed by atoms with van der Waals surface area (Å²) < 4.78 is 7.01. The molecule has 2 N–H and O–H groups in total. The predicted molar refractivity (Wildman–Crippen MR) is 49.0 cm³/mol. The molecule has 2 aromatic heterocycles. The van der Waals surface area contributed by atoms with Crippen molar-refractivity contribution in [2.75, 3.05) is 6.54 Å². The van der Waals surface area contributed by atoms with Crippen molar-refractivity contribution in [3.8, 4) is 11.5 Å². The first-order valence-corrected chi connectivity index (χ1v) is 4.17. The van der Waals surface area contributed by atoms with Crippen LogP contribution in [-0.2, 0) is 6.54 Å². The Morgan fingerprint density at radius 3 is 3.08 bits per heavy atom. The number of rotatable bonds is 3. The van der Waals surface area contributed by atoms with Gasteiger partial charge in [-0.2, -0.15) is 5.10 Å². The predicted octanol–water partition coefficient (Wildman–Crippen LogP) is 1.10. The number of hydrogen-bond acceptors (Lipinski definition) is 3. The molecule has 0 aliphatic heterocycles. The molecule has 0 saturated carbocycles. The van der Waals surface area contributed by atoms with Gasteiger partial charge in [0.05, 0.1) is 12.8 Å². The smallest absolute Gasteiger partial charge is 0.154 e. The van der Waals surface area contributed by atoms with Crippen LogP contribution in [0.3, 0.4) is 0 Å². The number of nitrogens with zero attached hydrogens (tertiary/aromatic N) is 2. The molecule has 0 aliphatic carbocycles. The highest BCUT2D eigenvalue weighted by Gasteiger charge is 2.03. The molecular formula is C9H11N3O. The fourth-order valence-electron chi connectivity index (χ4n) is 1.17. The van der Waals surface area contributed by atoms with Gasteiger partial charge in [-0.25, -0.2) is 0 Å². The summed E-state index contributed by atoms with van der Waals surface area (Å²) in [6, 6.07) is 5.64. The highest BCUT2D eigenvalue weighted by molar-refractivity contribution is 5.50. The standard InChI is InChI=1S/C9H11N3O/c10-4-6-12-5-3-8(11-12)9-2-1-7-13-9/h1-3,5,7H,4,6,10H2. The lowest BCUT2D eigenvalue weighted by Gasteiger charge is -1.95. The normalized spacial score (nSPS) is 10.5. The molecule has 13 heavy (non-hydrogen) atoms. The van der Waals surface area contributed by atoms with Crippen molar-refractivity contribution >= 4 is 0 Å². The Bertz CT molecular complexity index is 364. The van der Waals surface area contributed by atoms with Crippen molar-refractivity contribution < 1.29 is 4.42 Å². The van der Waals surface area contributed by atoms with E-state index in [1.54, 1.807) is 10.9 Å². The van der Waals surface area contributed by atoms with E-state index in [4.69, 9.17) is 10.2 Å². The Morgan fingerprint density at radius 1 is 1.46 bits per heavy atom. The van der Waals surface area contributed by atoms with Crippen LogP contribution in [0.5, 0.6) is 0 Å². The van der Waals surface area contributed by atoms with Gasteiger partial charge in [0.1, 0.15) is 5.69 Å². The molecule has 0 spiro atoms. The molecule has 0 fully saturated rings. The number of hydrogen-bond donors (Lipinski definition) is 1. The van der Waals surface area contributed by atoms with Gasteiger partial charge in [-0.1, -0.05) is 0 Å². The second-order valence-electron chi connectivity index (χ2n) is 2.73. The van der Waals surface area contributed by atoms with Gasteiger partial charge in [0, 0.05) is 12.7 Å². The van der Waals surface area contributed by atoms with Crippen molar-refractivity contribution in [3.63, 3.8) is 0 Å². The van der Waals surface area contributed by atoms with E-state index >= 15 is 0 Å². The Kier molecular flexibility index (Phi) is 2.14. The van der Waals surface area contributed by atoms with Crippen LogP contribution in [0.2, 0.25) is 0 Å². The van der Waals surface area contributed by atoms with E-state index in [-0.39, 0.29) is 0 Å². The molecule has 0 amide bonds. The first-order chi connectivity index (χ1) is 6.40. The molecule has 2 heterocycles. The summed E-state index contributed by atoms with van der Waals surface area (Å²) >= 11 is 0. The second-order valence-corrected chi connectivity index (χ2v) is 2.73. The molecule has 0 aromatic carbocycles. The molecule has 4 nitrogen and oxygen atoms in total. The SMILES string of the molecule is NCCn1ccc(-c2ccco2)n1. The summed E-state index contributed by atoms with van der Waals surface area (Å²) in [6.45, 7) is 1.33.